The summed E-state index contributed by atoms with van der Waals surface area (Å²) in [5.41, 5.74) is 2.47. The molecule has 6 heteroatoms. The van der Waals surface area contributed by atoms with E-state index in [-0.39, 0.29) is 16.6 Å². The number of sulfonamides is 1. The Balaban J connectivity index is 1.64. The summed E-state index contributed by atoms with van der Waals surface area (Å²) in [6.45, 7) is 0.382. The number of halogens is 1. The summed E-state index contributed by atoms with van der Waals surface area (Å²) in [6, 6.07) is 10.7. The summed E-state index contributed by atoms with van der Waals surface area (Å²) in [4.78, 5) is 12.6. The van der Waals surface area contributed by atoms with Crippen LogP contribution in [0.3, 0.4) is 0 Å². The fraction of sp³-hybridized carbons (Fsp3) is 0.409. The van der Waals surface area contributed by atoms with Crippen molar-refractivity contribution < 1.29 is 17.6 Å². The highest BCUT2D eigenvalue weighted by atomic mass is 32.2. The van der Waals surface area contributed by atoms with E-state index in [9.17, 15) is 17.6 Å². The van der Waals surface area contributed by atoms with Crippen molar-refractivity contribution in [2.24, 2.45) is 5.92 Å². The van der Waals surface area contributed by atoms with E-state index < -0.39 is 15.8 Å². The molecule has 1 aliphatic heterocycles. The number of benzene rings is 2. The first-order valence-electron chi connectivity index (χ1n) is 9.88. The molecular formula is C22H24FNO3S. The minimum atomic E-state index is -3.77. The average molecular weight is 402 g/mol. The highest BCUT2D eigenvalue weighted by Crippen LogP contribution is 2.34. The number of anilines is 1. The summed E-state index contributed by atoms with van der Waals surface area (Å²) in [5.74, 6) is -0.0676. The fourth-order valence-corrected chi connectivity index (χ4v) is 5.81. The predicted molar refractivity (Wildman–Crippen MR) is 106 cm³/mol. The van der Waals surface area contributed by atoms with Crippen LogP contribution in [-0.4, -0.2) is 20.7 Å². The van der Waals surface area contributed by atoms with E-state index >= 15 is 0 Å². The van der Waals surface area contributed by atoms with Crippen LogP contribution in [0.15, 0.2) is 47.4 Å². The van der Waals surface area contributed by atoms with Crippen molar-refractivity contribution >= 4 is 21.5 Å². The van der Waals surface area contributed by atoms with Crippen molar-refractivity contribution in [1.82, 2.24) is 0 Å². The van der Waals surface area contributed by atoms with Crippen molar-refractivity contribution in [3.8, 4) is 0 Å². The first kappa shape index (κ1) is 19.1. The molecule has 148 valence electrons. The maximum atomic E-state index is 13.2. The number of Topliss-reactive ketones (excluding diaryl/α,β-unsaturated/α-hetero) is 1. The fourth-order valence-electron chi connectivity index (χ4n) is 4.27. The number of hydrogen-bond acceptors (Lipinski definition) is 3. The van der Waals surface area contributed by atoms with Crippen molar-refractivity contribution in [2.75, 3.05) is 10.8 Å². The Morgan fingerprint density at radius 2 is 1.75 bits per heavy atom. The molecule has 0 spiro atoms. The third-order valence-electron chi connectivity index (χ3n) is 5.82. The monoisotopic (exact) mass is 401 g/mol. The van der Waals surface area contributed by atoms with Crippen LogP contribution in [-0.2, 0) is 27.7 Å². The lowest BCUT2D eigenvalue weighted by Crippen LogP contribution is -2.35. The van der Waals surface area contributed by atoms with E-state index in [0.717, 1.165) is 61.8 Å². The topological polar surface area (TPSA) is 54.5 Å². The van der Waals surface area contributed by atoms with E-state index in [2.05, 4.69) is 0 Å². The smallest absolute Gasteiger partial charge is 0.264 e. The van der Waals surface area contributed by atoms with Gasteiger partial charge in [-0.05, 0) is 67.1 Å². The second-order valence-corrected chi connectivity index (χ2v) is 9.58. The summed E-state index contributed by atoms with van der Waals surface area (Å²) >= 11 is 0. The van der Waals surface area contributed by atoms with Crippen LogP contribution < -0.4 is 4.31 Å². The molecule has 28 heavy (non-hydrogen) atoms. The highest BCUT2D eigenvalue weighted by Gasteiger charge is 2.30. The van der Waals surface area contributed by atoms with Gasteiger partial charge in [-0.3, -0.25) is 9.10 Å². The van der Waals surface area contributed by atoms with Gasteiger partial charge in [0.1, 0.15) is 11.6 Å². The third-order valence-corrected chi connectivity index (χ3v) is 7.64. The van der Waals surface area contributed by atoms with Gasteiger partial charge in [0.2, 0.25) is 0 Å². The van der Waals surface area contributed by atoms with Crippen molar-refractivity contribution in [1.29, 1.82) is 0 Å². The van der Waals surface area contributed by atoms with Gasteiger partial charge in [0.05, 0.1) is 10.6 Å². The Kier molecular flexibility index (Phi) is 5.23. The maximum absolute atomic E-state index is 13.2. The normalized spacial score (nSPS) is 17.5. The van der Waals surface area contributed by atoms with Crippen molar-refractivity contribution in [3.63, 3.8) is 0 Å². The Labute approximate surface area is 165 Å². The molecule has 2 aliphatic rings. The molecule has 0 amide bonds. The van der Waals surface area contributed by atoms with E-state index in [1.54, 1.807) is 0 Å². The Morgan fingerprint density at radius 1 is 1.04 bits per heavy atom. The van der Waals surface area contributed by atoms with Crippen molar-refractivity contribution in [3.05, 3.63) is 59.4 Å². The molecule has 0 unspecified atom stereocenters. The van der Waals surface area contributed by atoms with Crippen LogP contribution >= 0.6 is 0 Å². The Hall–Kier alpha value is -2.21. The minimum absolute atomic E-state index is 0.0779. The van der Waals surface area contributed by atoms with Gasteiger partial charge in [-0.1, -0.05) is 25.0 Å². The molecule has 1 saturated carbocycles. The zero-order chi connectivity index (χ0) is 19.7. The maximum Gasteiger partial charge on any atom is 0.264 e. The zero-order valence-corrected chi connectivity index (χ0v) is 16.6. The van der Waals surface area contributed by atoms with Crippen LogP contribution in [0.25, 0.3) is 0 Å². The third kappa shape index (κ3) is 3.70. The van der Waals surface area contributed by atoms with Crippen LogP contribution in [0.4, 0.5) is 10.1 Å². The average Bonchev–Trinajstić information content (AvgIpc) is 3.23. The number of fused-ring (bicyclic) bond motifs is 1. The van der Waals surface area contributed by atoms with Gasteiger partial charge in [0.25, 0.3) is 10.0 Å². The Bertz CT molecular complexity index is 979. The Morgan fingerprint density at radius 3 is 2.46 bits per heavy atom. The number of carbonyl (C=O) groups is 1. The van der Waals surface area contributed by atoms with E-state index in [0.29, 0.717) is 18.7 Å². The van der Waals surface area contributed by atoms with E-state index in [1.165, 1.54) is 16.4 Å². The molecule has 4 rings (SSSR count). The number of aryl methyl sites for hydroxylation is 1. The number of rotatable bonds is 5. The van der Waals surface area contributed by atoms with Gasteiger partial charge in [-0.15, -0.1) is 0 Å². The molecule has 4 nitrogen and oxygen atoms in total. The van der Waals surface area contributed by atoms with Gasteiger partial charge < -0.3 is 0 Å². The van der Waals surface area contributed by atoms with Gasteiger partial charge in [0.15, 0.2) is 0 Å². The first-order chi connectivity index (χ1) is 13.4. The highest BCUT2D eigenvalue weighted by molar-refractivity contribution is 7.92. The quantitative estimate of drug-likeness (QED) is 0.752. The number of carbonyl (C=O) groups excluding carboxylic acids is 1. The molecule has 1 heterocycles. The minimum Gasteiger partial charge on any atom is -0.299 e. The second kappa shape index (κ2) is 7.66. The number of nitrogens with zero attached hydrogens (tertiary/aromatic N) is 1. The lowest BCUT2D eigenvalue weighted by atomic mass is 9.94. The molecule has 1 fully saturated rings. The second-order valence-electron chi connectivity index (χ2n) is 7.72. The molecule has 2 aromatic carbocycles. The standard InChI is InChI=1S/C22H24FNO3S/c23-19-9-11-20(12-10-19)28(26,27)24-13-3-6-17-8-7-16(14-21(17)24)15-22(25)18-4-1-2-5-18/h7-12,14,18H,1-6,13,15H2. The molecule has 0 N–H and O–H groups in total. The molecule has 0 bridgehead atoms. The molecule has 0 saturated heterocycles. The number of hydrogen-bond donors (Lipinski definition) is 0. The molecule has 0 aromatic heterocycles. The molecule has 0 atom stereocenters. The lowest BCUT2D eigenvalue weighted by molar-refractivity contribution is -0.122. The predicted octanol–water partition coefficient (Wildman–Crippen LogP) is 4.27. The van der Waals surface area contributed by atoms with Crippen molar-refractivity contribution in [2.45, 2.75) is 49.8 Å². The van der Waals surface area contributed by atoms with Crippen LogP contribution in [0.2, 0.25) is 0 Å². The van der Waals surface area contributed by atoms with Crippen LogP contribution in [0.5, 0.6) is 0 Å². The summed E-state index contributed by atoms with van der Waals surface area (Å²) in [6.07, 6.45) is 6.05. The summed E-state index contributed by atoms with van der Waals surface area (Å²) < 4.78 is 40.9. The van der Waals surface area contributed by atoms with E-state index in [1.807, 2.05) is 18.2 Å². The number of ketones is 1. The van der Waals surface area contributed by atoms with Crippen LogP contribution in [0, 0.1) is 11.7 Å². The van der Waals surface area contributed by atoms with Gasteiger partial charge in [-0.2, -0.15) is 0 Å². The first-order valence-corrected chi connectivity index (χ1v) is 11.3. The largest absolute Gasteiger partial charge is 0.299 e. The summed E-state index contributed by atoms with van der Waals surface area (Å²) in [5, 5.41) is 0. The van der Waals surface area contributed by atoms with E-state index in [4.69, 9.17) is 0 Å². The summed E-state index contributed by atoms with van der Waals surface area (Å²) in [7, 11) is -3.77. The molecule has 1 aliphatic carbocycles. The van der Waals surface area contributed by atoms with Gasteiger partial charge >= 0.3 is 0 Å². The molecular weight excluding hydrogens is 377 g/mol. The van der Waals surface area contributed by atoms with Gasteiger partial charge in [0, 0.05) is 18.9 Å². The van der Waals surface area contributed by atoms with Gasteiger partial charge in [-0.25, -0.2) is 12.8 Å². The van der Waals surface area contributed by atoms with Crippen LogP contribution in [0.1, 0.15) is 43.2 Å². The molecule has 0 radical (unpaired) electrons. The lowest BCUT2D eigenvalue weighted by Gasteiger charge is -2.31. The SMILES string of the molecule is O=C(Cc1ccc2c(c1)N(S(=O)(=O)c1ccc(F)cc1)CCC2)C1CCCC1. The zero-order valence-electron chi connectivity index (χ0n) is 15.7. The molecule has 2 aromatic rings.